The summed E-state index contributed by atoms with van der Waals surface area (Å²) in [7, 11) is 0. The van der Waals surface area contributed by atoms with Gasteiger partial charge in [0.05, 0.1) is 4.88 Å². The average molecular weight is 290 g/mol. The van der Waals surface area contributed by atoms with Crippen molar-refractivity contribution in [1.29, 1.82) is 0 Å². The number of pyridine rings is 1. The van der Waals surface area contributed by atoms with Crippen molar-refractivity contribution in [2.24, 2.45) is 0 Å². The van der Waals surface area contributed by atoms with E-state index < -0.39 is 0 Å². The molecule has 3 heterocycles. The molecule has 1 amide bonds. The number of hydrogen-bond donors (Lipinski definition) is 0. The van der Waals surface area contributed by atoms with Crippen LogP contribution in [0.15, 0.2) is 6.07 Å². The Labute approximate surface area is 124 Å². The lowest BCUT2D eigenvalue weighted by atomic mass is 10.1. The summed E-state index contributed by atoms with van der Waals surface area (Å²) >= 11 is 1.54. The standard InChI is InChI=1S/C15H18N2OS.CH4/c1-9-8-10(2)16-14-12(9)11(3)13(19-14)15(18)17-6-4-5-7-17;/h8H,4-7H2,1-3H3;1H4. The highest BCUT2D eigenvalue weighted by Gasteiger charge is 2.24. The zero-order chi connectivity index (χ0) is 13.6. The van der Waals surface area contributed by atoms with Crippen molar-refractivity contribution in [2.45, 2.75) is 41.0 Å². The van der Waals surface area contributed by atoms with Gasteiger partial charge < -0.3 is 4.90 Å². The molecule has 1 aliphatic rings. The molecule has 0 radical (unpaired) electrons. The first-order valence-corrected chi connectivity index (χ1v) is 7.56. The minimum Gasteiger partial charge on any atom is -0.338 e. The van der Waals surface area contributed by atoms with Crippen LogP contribution in [-0.2, 0) is 0 Å². The molecule has 0 spiro atoms. The van der Waals surface area contributed by atoms with Crippen LogP contribution in [0.2, 0.25) is 0 Å². The van der Waals surface area contributed by atoms with Gasteiger partial charge in [0.2, 0.25) is 0 Å². The molecular formula is C16H22N2OS. The summed E-state index contributed by atoms with van der Waals surface area (Å²) in [6.45, 7) is 7.95. The number of fused-ring (bicyclic) bond motifs is 1. The van der Waals surface area contributed by atoms with Gasteiger partial charge in [0.25, 0.3) is 5.91 Å². The molecular weight excluding hydrogens is 268 g/mol. The average Bonchev–Trinajstić information content (AvgIpc) is 2.96. The summed E-state index contributed by atoms with van der Waals surface area (Å²) in [6.07, 6.45) is 2.26. The Morgan fingerprint density at radius 1 is 1.25 bits per heavy atom. The molecule has 4 heteroatoms. The van der Waals surface area contributed by atoms with Crippen molar-refractivity contribution in [2.75, 3.05) is 13.1 Å². The molecule has 0 aromatic carbocycles. The van der Waals surface area contributed by atoms with Crippen molar-refractivity contribution < 1.29 is 4.79 Å². The maximum atomic E-state index is 12.5. The van der Waals surface area contributed by atoms with Crippen molar-refractivity contribution in [3.63, 3.8) is 0 Å². The highest BCUT2D eigenvalue weighted by molar-refractivity contribution is 7.20. The first-order valence-electron chi connectivity index (χ1n) is 6.74. The minimum atomic E-state index is 0. The lowest BCUT2D eigenvalue weighted by Crippen LogP contribution is -2.27. The second-order valence-corrected chi connectivity index (χ2v) is 6.32. The summed E-state index contributed by atoms with van der Waals surface area (Å²) in [4.78, 5) is 21.0. The molecule has 2 aromatic heterocycles. The Morgan fingerprint density at radius 2 is 1.90 bits per heavy atom. The predicted octanol–water partition coefficient (Wildman–Crippen LogP) is 4.09. The molecule has 0 atom stereocenters. The van der Waals surface area contributed by atoms with Crippen molar-refractivity contribution in [3.8, 4) is 0 Å². The van der Waals surface area contributed by atoms with Crippen LogP contribution in [-0.4, -0.2) is 28.9 Å². The van der Waals surface area contributed by atoms with Gasteiger partial charge in [0.1, 0.15) is 4.83 Å². The molecule has 0 aliphatic carbocycles. The first-order chi connectivity index (χ1) is 9.08. The number of hydrogen-bond acceptors (Lipinski definition) is 3. The van der Waals surface area contributed by atoms with E-state index in [0.717, 1.165) is 52.3 Å². The van der Waals surface area contributed by atoms with Gasteiger partial charge in [-0.3, -0.25) is 4.79 Å². The summed E-state index contributed by atoms with van der Waals surface area (Å²) in [5.41, 5.74) is 3.34. The molecule has 1 fully saturated rings. The smallest absolute Gasteiger partial charge is 0.264 e. The fraction of sp³-hybridized carbons (Fsp3) is 0.500. The molecule has 3 rings (SSSR count). The van der Waals surface area contributed by atoms with Gasteiger partial charge in [-0.05, 0) is 50.8 Å². The monoisotopic (exact) mass is 290 g/mol. The number of carbonyl (C=O) groups excluding carboxylic acids is 1. The van der Waals surface area contributed by atoms with E-state index in [1.807, 2.05) is 18.7 Å². The van der Waals surface area contributed by atoms with Crippen molar-refractivity contribution in [3.05, 3.63) is 27.8 Å². The maximum absolute atomic E-state index is 12.5. The van der Waals surface area contributed by atoms with Crippen LogP contribution >= 0.6 is 11.3 Å². The van der Waals surface area contributed by atoms with Crippen LogP contribution < -0.4 is 0 Å². The van der Waals surface area contributed by atoms with Gasteiger partial charge in [0.15, 0.2) is 0 Å². The van der Waals surface area contributed by atoms with E-state index >= 15 is 0 Å². The molecule has 2 aromatic rings. The third-order valence-corrected chi connectivity index (χ3v) is 4.99. The Hall–Kier alpha value is -1.42. The lowest BCUT2D eigenvalue weighted by Gasteiger charge is -2.14. The number of carbonyl (C=O) groups is 1. The third-order valence-electron chi connectivity index (χ3n) is 3.81. The number of thiophene rings is 1. The SMILES string of the molecule is C.Cc1cc(C)c2c(C)c(C(=O)N3CCCC3)sc2n1. The lowest BCUT2D eigenvalue weighted by molar-refractivity contribution is 0.0797. The van der Waals surface area contributed by atoms with E-state index in [1.165, 1.54) is 5.56 Å². The molecule has 0 unspecified atom stereocenters. The van der Waals surface area contributed by atoms with Gasteiger partial charge in [-0.25, -0.2) is 4.98 Å². The van der Waals surface area contributed by atoms with Crippen molar-refractivity contribution in [1.82, 2.24) is 9.88 Å². The van der Waals surface area contributed by atoms with Crippen LogP contribution in [0.4, 0.5) is 0 Å². The van der Waals surface area contributed by atoms with Gasteiger partial charge >= 0.3 is 0 Å². The molecule has 3 nitrogen and oxygen atoms in total. The maximum Gasteiger partial charge on any atom is 0.264 e. The number of rotatable bonds is 1. The molecule has 1 aliphatic heterocycles. The second-order valence-electron chi connectivity index (χ2n) is 5.32. The molecule has 0 N–H and O–H groups in total. The molecule has 1 saturated heterocycles. The third kappa shape index (κ3) is 2.33. The Balaban J connectivity index is 0.00000147. The molecule has 0 saturated carbocycles. The van der Waals surface area contributed by atoms with E-state index in [2.05, 4.69) is 18.0 Å². The summed E-state index contributed by atoms with van der Waals surface area (Å²) < 4.78 is 0. The first kappa shape index (κ1) is 15.0. The largest absolute Gasteiger partial charge is 0.338 e. The highest BCUT2D eigenvalue weighted by atomic mass is 32.1. The second kappa shape index (κ2) is 5.52. The van der Waals surface area contributed by atoms with E-state index in [9.17, 15) is 4.79 Å². The molecule has 108 valence electrons. The Bertz CT molecular complexity index is 654. The summed E-state index contributed by atoms with van der Waals surface area (Å²) in [6, 6.07) is 2.09. The number of aryl methyl sites for hydroxylation is 3. The van der Waals surface area contributed by atoms with E-state index in [-0.39, 0.29) is 13.3 Å². The van der Waals surface area contributed by atoms with Gasteiger partial charge in [-0.2, -0.15) is 0 Å². The zero-order valence-corrected chi connectivity index (χ0v) is 12.4. The normalized spacial score (nSPS) is 14.7. The topological polar surface area (TPSA) is 33.2 Å². The fourth-order valence-electron chi connectivity index (χ4n) is 2.89. The highest BCUT2D eigenvalue weighted by Crippen LogP contribution is 2.33. The van der Waals surface area contributed by atoms with Crippen molar-refractivity contribution >= 4 is 27.5 Å². The van der Waals surface area contributed by atoms with Crippen LogP contribution in [0, 0.1) is 20.8 Å². The van der Waals surface area contributed by atoms with E-state index in [4.69, 9.17) is 0 Å². The zero-order valence-electron chi connectivity index (χ0n) is 11.6. The van der Waals surface area contributed by atoms with Crippen LogP contribution in [0.3, 0.4) is 0 Å². The number of amides is 1. The number of likely N-dealkylation sites (tertiary alicyclic amines) is 1. The number of aromatic nitrogens is 1. The van der Waals surface area contributed by atoms with Gasteiger partial charge in [-0.1, -0.05) is 7.43 Å². The predicted molar refractivity (Wildman–Crippen MR) is 85.7 cm³/mol. The quantitative estimate of drug-likeness (QED) is 0.792. The van der Waals surface area contributed by atoms with Crippen LogP contribution in [0.1, 0.15) is 46.8 Å². The minimum absolute atomic E-state index is 0. The van der Waals surface area contributed by atoms with E-state index in [1.54, 1.807) is 11.3 Å². The van der Waals surface area contributed by atoms with Crippen LogP contribution in [0.25, 0.3) is 10.2 Å². The molecule has 20 heavy (non-hydrogen) atoms. The Morgan fingerprint density at radius 3 is 2.55 bits per heavy atom. The Kier molecular flexibility index (Phi) is 4.14. The van der Waals surface area contributed by atoms with Crippen LogP contribution in [0.5, 0.6) is 0 Å². The van der Waals surface area contributed by atoms with Gasteiger partial charge in [0, 0.05) is 24.2 Å². The van der Waals surface area contributed by atoms with E-state index in [0.29, 0.717) is 0 Å². The fourth-order valence-corrected chi connectivity index (χ4v) is 4.16. The summed E-state index contributed by atoms with van der Waals surface area (Å²) in [5, 5.41) is 1.16. The number of nitrogens with zero attached hydrogens (tertiary/aromatic N) is 2. The van der Waals surface area contributed by atoms with Gasteiger partial charge in [-0.15, -0.1) is 11.3 Å². The summed E-state index contributed by atoms with van der Waals surface area (Å²) in [5.74, 6) is 0.190. The molecule has 0 bridgehead atoms.